The Morgan fingerprint density at radius 2 is 2.00 bits per heavy atom. The SMILES string of the molecule is Brc1ccc(Cc2cnco2)cc1. The molecule has 0 amide bonds. The summed E-state index contributed by atoms with van der Waals surface area (Å²) in [6.07, 6.45) is 3.99. The Kier molecular flexibility index (Phi) is 2.45. The van der Waals surface area contributed by atoms with Gasteiger partial charge in [-0.25, -0.2) is 4.98 Å². The summed E-state index contributed by atoms with van der Waals surface area (Å²) in [7, 11) is 0. The molecule has 0 radical (unpaired) electrons. The fraction of sp³-hybridized carbons (Fsp3) is 0.100. The Labute approximate surface area is 84.7 Å². The van der Waals surface area contributed by atoms with Gasteiger partial charge in [0.1, 0.15) is 5.76 Å². The summed E-state index contributed by atoms with van der Waals surface area (Å²) >= 11 is 3.39. The molecule has 1 heterocycles. The van der Waals surface area contributed by atoms with E-state index < -0.39 is 0 Å². The molecule has 0 bridgehead atoms. The molecule has 1 aromatic heterocycles. The highest BCUT2D eigenvalue weighted by Gasteiger charge is 1.98. The molecule has 3 heteroatoms. The van der Waals surface area contributed by atoms with E-state index in [9.17, 15) is 0 Å². The Bertz CT molecular complexity index is 366. The van der Waals surface area contributed by atoms with E-state index >= 15 is 0 Å². The average Bonchev–Trinajstić information content (AvgIpc) is 2.62. The first-order valence-electron chi connectivity index (χ1n) is 3.96. The van der Waals surface area contributed by atoms with Crippen LogP contribution in [0.2, 0.25) is 0 Å². The second kappa shape index (κ2) is 3.75. The topological polar surface area (TPSA) is 26.0 Å². The normalized spacial score (nSPS) is 10.2. The summed E-state index contributed by atoms with van der Waals surface area (Å²) in [6, 6.07) is 8.16. The van der Waals surface area contributed by atoms with Crippen LogP contribution in [0.5, 0.6) is 0 Å². The van der Waals surface area contributed by atoms with Crippen LogP contribution in [0.3, 0.4) is 0 Å². The second-order valence-electron chi connectivity index (χ2n) is 2.77. The molecule has 0 N–H and O–H groups in total. The van der Waals surface area contributed by atoms with Gasteiger partial charge in [0, 0.05) is 10.9 Å². The Morgan fingerprint density at radius 1 is 1.23 bits per heavy atom. The molecule has 0 spiro atoms. The van der Waals surface area contributed by atoms with Gasteiger partial charge in [0.05, 0.1) is 6.20 Å². The maximum atomic E-state index is 5.14. The third-order valence-corrected chi connectivity index (χ3v) is 2.30. The number of hydrogen-bond acceptors (Lipinski definition) is 2. The number of benzene rings is 1. The van der Waals surface area contributed by atoms with Gasteiger partial charge in [-0.15, -0.1) is 0 Å². The standard InChI is InChI=1S/C10H8BrNO/c11-9-3-1-8(2-4-9)5-10-6-12-7-13-10/h1-4,6-7H,5H2. The van der Waals surface area contributed by atoms with Gasteiger partial charge in [-0.1, -0.05) is 28.1 Å². The van der Waals surface area contributed by atoms with Crippen molar-refractivity contribution in [3.63, 3.8) is 0 Å². The number of nitrogens with zero attached hydrogens (tertiary/aromatic N) is 1. The highest BCUT2D eigenvalue weighted by molar-refractivity contribution is 9.10. The van der Waals surface area contributed by atoms with Crippen LogP contribution in [0, 0.1) is 0 Å². The number of aromatic nitrogens is 1. The predicted octanol–water partition coefficient (Wildman–Crippen LogP) is 3.03. The van der Waals surface area contributed by atoms with Gasteiger partial charge in [-0.2, -0.15) is 0 Å². The fourth-order valence-electron chi connectivity index (χ4n) is 1.13. The summed E-state index contributed by atoms with van der Waals surface area (Å²) in [5.74, 6) is 0.891. The summed E-state index contributed by atoms with van der Waals surface area (Å²) in [5.41, 5.74) is 1.22. The first-order valence-corrected chi connectivity index (χ1v) is 4.76. The first kappa shape index (κ1) is 8.51. The minimum absolute atomic E-state index is 0.799. The van der Waals surface area contributed by atoms with Crippen LogP contribution in [-0.2, 0) is 6.42 Å². The Balaban J connectivity index is 2.15. The van der Waals surface area contributed by atoms with Crippen LogP contribution in [0.4, 0.5) is 0 Å². The van der Waals surface area contributed by atoms with Crippen molar-refractivity contribution in [1.82, 2.24) is 4.98 Å². The minimum Gasteiger partial charge on any atom is -0.448 e. The molecule has 2 aromatic rings. The monoisotopic (exact) mass is 237 g/mol. The van der Waals surface area contributed by atoms with Gasteiger partial charge in [-0.3, -0.25) is 0 Å². The van der Waals surface area contributed by atoms with Gasteiger partial charge in [-0.05, 0) is 17.7 Å². The lowest BCUT2D eigenvalue weighted by molar-refractivity contribution is 0.514. The van der Waals surface area contributed by atoms with Crippen LogP contribution in [0.15, 0.2) is 45.7 Å². The molecular weight excluding hydrogens is 230 g/mol. The van der Waals surface area contributed by atoms with E-state index in [1.54, 1.807) is 6.20 Å². The van der Waals surface area contributed by atoms with Crippen molar-refractivity contribution in [1.29, 1.82) is 0 Å². The van der Waals surface area contributed by atoms with Gasteiger partial charge in [0.2, 0.25) is 0 Å². The lowest BCUT2D eigenvalue weighted by Crippen LogP contribution is -1.84. The number of oxazole rings is 1. The van der Waals surface area contributed by atoms with Gasteiger partial charge in [0.15, 0.2) is 6.39 Å². The molecule has 0 fully saturated rings. The van der Waals surface area contributed by atoms with E-state index in [4.69, 9.17) is 4.42 Å². The van der Waals surface area contributed by atoms with E-state index in [1.165, 1.54) is 12.0 Å². The van der Waals surface area contributed by atoms with Gasteiger partial charge < -0.3 is 4.42 Å². The van der Waals surface area contributed by atoms with Crippen molar-refractivity contribution >= 4 is 15.9 Å². The molecule has 0 saturated heterocycles. The maximum Gasteiger partial charge on any atom is 0.180 e. The second-order valence-corrected chi connectivity index (χ2v) is 3.69. The molecule has 13 heavy (non-hydrogen) atoms. The third kappa shape index (κ3) is 2.18. The Morgan fingerprint density at radius 3 is 2.62 bits per heavy atom. The smallest absolute Gasteiger partial charge is 0.180 e. The van der Waals surface area contributed by atoms with Crippen molar-refractivity contribution in [3.05, 3.63) is 52.7 Å². The van der Waals surface area contributed by atoms with Gasteiger partial charge >= 0.3 is 0 Å². The Hall–Kier alpha value is -1.09. The molecule has 2 rings (SSSR count). The van der Waals surface area contributed by atoms with E-state index in [1.807, 2.05) is 12.1 Å². The zero-order chi connectivity index (χ0) is 9.10. The van der Waals surface area contributed by atoms with Crippen molar-refractivity contribution in [2.45, 2.75) is 6.42 Å². The minimum atomic E-state index is 0.799. The zero-order valence-electron chi connectivity index (χ0n) is 6.90. The lowest BCUT2D eigenvalue weighted by atomic mass is 10.1. The van der Waals surface area contributed by atoms with E-state index in [0.717, 1.165) is 16.7 Å². The molecule has 2 nitrogen and oxygen atoms in total. The van der Waals surface area contributed by atoms with Crippen LogP contribution in [0.25, 0.3) is 0 Å². The highest BCUT2D eigenvalue weighted by atomic mass is 79.9. The molecule has 1 aromatic carbocycles. The fourth-order valence-corrected chi connectivity index (χ4v) is 1.40. The van der Waals surface area contributed by atoms with Crippen molar-refractivity contribution in [3.8, 4) is 0 Å². The number of hydrogen-bond donors (Lipinski definition) is 0. The van der Waals surface area contributed by atoms with Crippen molar-refractivity contribution < 1.29 is 4.42 Å². The van der Waals surface area contributed by atoms with E-state index in [2.05, 4.69) is 33.0 Å². The summed E-state index contributed by atoms with van der Waals surface area (Å²) < 4.78 is 6.24. The zero-order valence-corrected chi connectivity index (χ0v) is 8.49. The summed E-state index contributed by atoms with van der Waals surface area (Å²) in [5, 5.41) is 0. The molecule has 0 unspecified atom stereocenters. The predicted molar refractivity (Wildman–Crippen MR) is 53.5 cm³/mol. The lowest BCUT2D eigenvalue weighted by Gasteiger charge is -1.97. The highest BCUT2D eigenvalue weighted by Crippen LogP contribution is 2.13. The molecule has 0 saturated carbocycles. The third-order valence-electron chi connectivity index (χ3n) is 1.78. The molecule has 66 valence electrons. The molecular formula is C10H8BrNO. The molecule has 0 atom stereocenters. The molecule has 0 aliphatic carbocycles. The van der Waals surface area contributed by atoms with E-state index in [0.29, 0.717) is 0 Å². The number of halogens is 1. The van der Waals surface area contributed by atoms with Crippen LogP contribution < -0.4 is 0 Å². The summed E-state index contributed by atoms with van der Waals surface area (Å²) in [6.45, 7) is 0. The molecule has 0 aliphatic heterocycles. The van der Waals surface area contributed by atoms with Crippen molar-refractivity contribution in [2.24, 2.45) is 0 Å². The quantitative estimate of drug-likeness (QED) is 0.803. The van der Waals surface area contributed by atoms with Crippen molar-refractivity contribution in [2.75, 3.05) is 0 Å². The number of rotatable bonds is 2. The van der Waals surface area contributed by atoms with E-state index in [-0.39, 0.29) is 0 Å². The average molecular weight is 238 g/mol. The molecule has 0 aliphatic rings. The van der Waals surface area contributed by atoms with Crippen LogP contribution in [0.1, 0.15) is 11.3 Å². The van der Waals surface area contributed by atoms with Gasteiger partial charge in [0.25, 0.3) is 0 Å². The largest absolute Gasteiger partial charge is 0.448 e. The maximum absolute atomic E-state index is 5.14. The first-order chi connectivity index (χ1) is 6.34. The van der Waals surface area contributed by atoms with Crippen LogP contribution in [-0.4, -0.2) is 4.98 Å². The van der Waals surface area contributed by atoms with Crippen LogP contribution >= 0.6 is 15.9 Å². The summed E-state index contributed by atoms with van der Waals surface area (Å²) in [4.78, 5) is 3.86.